The highest BCUT2D eigenvalue weighted by molar-refractivity contribution is 8.00. The predicted octanol–water partition coefficient (Wildman–Crippen LogP) is 4.72. The summed E-state index contributed by atoms with van der Waals surface area (Å²) in [6.45, 7) is 12.1. The van der Waals surface area contributed by atoms with Gasteiger partial charge in [-0.2, -0.15) is 0 Å². The third kappa shape index (κ3) is 3.40. The molecule has 0 spiro atoms. The molecular formula is C23H25N3O2S2. The van der Waals surface area contributed by atoms with Gasteiger partial charge in [0.05, 0.1) is 10.6 Å². The van der Waals surface area contributed by atoms with Gasteiger partial charge in [0.25, 0.3) is 5.56 Å². The summed E-state index contributed by atoms with van der Waals surface area (Å²) in [6.07, 6.45) is 2.55. The fourth-order valence-corrected chi connectivity index (χ4v) is 6.03. The highest BCUT2D eigenvalue weighted by atomic mass is 32.2. The number of thioether (sulfide) groups is 1. The Hall–Kier alpha value is -2.38. The number of carbonyl (C=O) groups is 1. The second kappa shape index (κ2) is 8.04. The standard InChI is InChI=1S/C23H25N3O2S2/c1-6-11-25-22(28)19-14(3)15(4)29-20(19)24-23(25)30-16(5)21(27)26-13(2)12-17-9-7-8-10-18(17)26/h6-10,13,16H,1,11-12H2,2-5H3/t13-,16+/m1/s1. The molecule has 0 saturated carbocycles. The summed E-state index contributed by atoms with van der Waals surface area (Å²) < 4.78 is 1.63. The minimum absolute atomic E-state index is 0.0375. The molecule has 0 N–H and O–H groups in total. The third-order valence-electron chi connectivity index (χ3n) is 5.64. The molecule has 1 aliphatic heterocycles. The van der Waals surface area contributed by atoms with Gasteiger partial charge in [-0.25, -0.2) is 4.98 Å². The highest BCUT2D eigenvalue weighted by Gasteiger charge is 2.34. The molecule has 2 aromatic heterocycles. The molecule has 0 saturated heterocycles. The first kappa shape index (κ1) is 20.9. The number of nitrogens with zero attached hydrogens (tertiary/aromatic N) is 3. The third-order valence-corrected chi connectivity index (χ3v) is 7.82. The summed E-state index contributed by atoms with van der Waals surface area (Å²) >= 11 is 2.87. The number of fused-ring (bicyclic) bond motifs is 2. The molecule has 3 heterocycles. The van der Waals surface area contributed by atoms with Crippen molar-refractivity contribution in [1.29, 1.82) is 0 Å². The zero-order valence-electron chi connectivity index (χ0n) is 17.6. The summed E-state index contributed by atoms with van der Waals surface area (Å²) in [6, 6.07) is 8.17. The zero-order valence-corrected chi connectivity index (χ0v) is 19.3. The highest BCUT2D eigenvalue weighted by Crippen LogP contribution is 2.35. The molecule has 30 heavy (non-hydrogen) atoms. The summed E-state index contributed by atoms with van der Waals surface area (Å²) in [7, 11) is 0. The summed E-state index contributed by atoms with van der Waals surface area (Å²) in [4.78, 5) is 35.0. The summed E-state index contributed by atoms with van der Waals surface area (Å²) in [5, 5.41) is 0.862. The Morgan fingerprint density at radius 3 is 2.87 bits per heavy atom. The van der Waals surface area contributed by atoms with Gasteiger partial charge in [0.2, 0.25) is 5.91 Å². The van der Waals surface area contributed by atoms with Crippen LogP contribution in [0.3, 0.4) is 0 Å². The number of aromatic nitrogens is 2. The maximum absolute atomic E-state index is 13.4. The lowest BCUT2D eigenvalue weighted by Crippen LogP contribution is -2.40. The van der Waals surface area contributed by atoms with Gasteiger partial charge in [0.1, 0.15) is 4.83 Å². The first-order chi connectivity index (χ1) is 14.3. The number of amides is 1. The zero-order chi connectivity index (χ0) is 21.6. The van der Waals surface area contributed by atoms with Gasteiger partial charge >= 0.3 is 0 Å². The molecule has 5 nitrogen and oxygen atoms in total. The minimum atomic E-state index is -0.374. The fraction of sp³-hybridized carbons (Fsp3) is 0.348. The van der Waals surface area contributed by atoms with Crippen molar-refractivity contribution in [2.24, 2.45) is 0 Å². The van der Waals surface area contributed by atoms with Crippen LogP contribution < -0.4 is 10.5 Å². The lowest BCUT2D eigenvalue weighted by Gasteiger charge is -2.26. The average molecular weight is 440 g/mol. The van der Waals surface area contributed by atoms with Gasteiger partial charge in [-0.3, -0.25) is 14.2 Å². The second-order valence-corrected chi connectivity index (χ2v) is 10.2. The molecule has 4 rings (SSSR count). The number of para-hydroxylation sites is 1. The number of benzene rings is 1. The Morgan fingerprint density at radius 1 is 1.40 bits per heavy atom. The number of rotatable bonds is 5. The molecule has 1 aliphatic rings. The smallest absolute Gasteiger partial charge is 0.263 e. The van der Waals surface area contributed by atoms with Crippen LogP contribution in [0.2, 0.25) is 0 Å². The predicted molar refractivity (Wildman–Crippen MR) is 126 cm³/mol. The first-order valence-corrected chi connectivity index (χ1v) is 11.7. The number of aryl methyl sites for hydroxylation is 2. The van der Waals surface area contributed by atoms with Crippen LogP contribution in [0.4, 0.5) is 5.69 Å². The van der Waals surface area contributed by atoms with Crippen molar-refractivity contribution in [2.75, 3.05) is 4.90 Å². The second-order valence-electron chi connectivity index (χ2n) is 7.71. The van der Waals surface area contributed by atoms with E-state index in [0.717, 1.165) is 27.4 Å². The van der Waals surface area contributed by atoms with Gasteiger partial charge in [0, 0.05) is 23.2 Å². The van der Waals surface area contributed by atoms with E-state index in [2.05, 4.69) is 19.6 Å². The molecule has 156 valence electrons. The van der Waals surface area contributed by atoms with E-state index in [1.807, 2.05) is 43.9 Å². The van der Waals surface area contributed by atoms with Crippen molar-refractivity contribution in [2.45, 2.75) is 57.1 Å². The Morgan fingerprint density at radius 2 is 2.13 bits per heavy atom. The van der Waals surface area contributed by atoms with Crippen LogP contribution in [-0.4, -0.2) is 26.8 Å². The average Bonchev–Trinajstić information content (AvgIpc) is 3.19. The van der Waals surface area contributed by atoms with E-state index < -0.39 is 0 Å². The van der Waals surface area contributed by atoms with E-state index in [1.54, 1.807) is 10.6 Å². The van der Waals surface area contributed by atoms with E-state index in [0.29, 0.717) is 17.1 Å². The van der Waals surface area contributed by atoms with E-state index >= 15 is 0 Å². The number of hydrogen-bond acceptors (Lipinski definition) is 5. The van der Waals surface area contributed by atoms with Gasteiger partial charge in [0.15, 0.2) is 5.16 Å². The van der Waals surface area contributed by atoms with Crippen LogP contribution in [0.15, 0.2) is 46.9 Å². The Kier molecular flexibility index (Phi) is 5.59. The van der Waals surface area contributed by atoms with Crippen molar-refractivity contribution in [1.82, 2.24) is 9.55 Å². The first-order valence-electron chi connectivity index (χ1n) is 10.0. The molecule has 7 heteroatoms. The van der Waals surface area contributed by atoms with Gasteiger partial charge in [-0.05, 0) is 51.3 Å². The van der Waals surface area contributed by atoms with Gasteiger partial charge < -0.3 is 4.90 Å². The van der Waals surface area contributed by atoms with Crippen LogP contribution in [0.25, 0.3) is 10.2 Å². The molecule has 1 aromatic carbocycles. The number of carbonyl (C=O) groups excluding carboxylic acids is 1. The number of thiophene rings is 1. The van der Waals surface area contributed by atoms with Crippen LogP contribution in [0.5, 0.6) is 0 Å². The largest absolute Gasteiger partial charge is 0.308 e. The van der Waals surface area contributed by atoms with Crippen molar-refractivity contribution < 1.29 is 4.79 Å². The Bertz CT molecular complexity index is 1210. The van der Waals surface area contributed by atoms with Crippen molar-refractivity contribution >= 4 is 44.9 Å². The van der Waals surface area contributed by atoms with Gasteiger partial charge in [-0.1, -0.05) is 36.0 Å². The molecule has 0 radical (unpaired) electrons. The van der Waals surface area contributed by atoms with Crippen LogP contribution in [0, 0.1) is 13.8 Å². The molecule has 1 amide bonds. The molecule has 0 aliphatic carbocycles. The van der Waals surface area contributed by atoms with Gasteiger partial charge in [-0.15, -0.1) is 17.9 Å². The molecule has 3 aromatic rings. The number of anilines is 1. The van der Waals surface area contributed by atoms with Crippen LogP contribution in [0.1, 0.15) is 29.9 Å². The quantitative estimate of drug-likeness (QED) is 0.328. The van der Waals surface area contributed by atoms with E-state index in [1.165, 1.54) is 28.7 Å². The van der Waals surface area contributed by atoms with E-state index in [9.17, 15) is 9.59 Å². The normalized spacial score (nSPS) is 16.7. The molecular weight excluding hydrogens is 414 g/mol. The summed E-state index contributed by atoms with van der Waals surface area (Å²) in [5.74, 6) is 0.0375. The lowest BCUT2D eigenvalue weighted by atomic mass is 10.1. The molecule has 2 atom stereocenters. The maximum atomic E-state index is 13.4. The Labute approximate surface area is 184 Å². The van der Waals surface area contributed by atoms with Crippen molar-refractivity contribution in [3.8, 4) is 0 Å². The molecule has 0 unspecified atom stereocenters. The number of allylic oxidation sites excluding steroid dienone is 1. The summed E-state index contributed by atoms with van der Waals surface area (Å²) in [5.41, 5.74) is 3.10. The maximum Gasteiger partial charge on any atom is 0.263 e. The molecule has 0 fully saturated rings. The van der Waals surface area contributed by atoms with E-state index in [-0.39, 0.29) is 22.8 Å². The monoisotopic (exact) mass is 439 g/mol. The fourth-order valence-electron chi connectivity index (χ4n) is 3.99. The minimum Gasteiger partial charge on any atom is -0.308 e. The number of hydrogen-bond donors (Lipinski definition) is 0. The molecule has 0 bridgehead atoms. The van der Waals surface area contributed by atoms with Crippen molar-refractivity contribution in [3.05, 3.63) is 63.3 Å². The van der Waals surface area contributed by atoms with E-state index in [4.69, 9.17) is 4.98 Å². The SMILES string of the molecule is C=CCn1c(S[C@@H](C)C(=O)N2c3ccccc3C[C@H]2C)nc2sc(C)c(C)c2c1=O. The van der Waals surface area contributed by atoms with Crippen molar-refractivity contribution in [3.63, 3.8) is 0 Å². The Balaban J connectivity index is 1.70. The van der Waals surface area contributed by atoms with Crippen LogP contribution >= 0.6 is 23.1 Å². The lowest BCUT2D eigenvalue weighted by molar-refractivity contribution is -0.118. The topological polar surface area (TPSA) is 55.2 Å². The van der Waals surface area contributed by atoms with Crippen LogP contribution in [-0.2, 0) is 17.8 Å².